The second kappa shape index (κ2) is 4.00. The average molecular weight is 239 g/mol. The maximum absolute atomic E-state index is 11.8. The molecule has 0 atom stereocenters. The van der Waals surface area contributed by atoms with Crippen molar-refractivity contribution >= 4 is 11.0 Å². The van der Waals surface area contributed by atoms with Crippen LogP contribution < -0.4 is 5.56 Å². The summed E-state index contributed by atoms with van der Waals surface area (Å²) < 4.78 is 5.56. The van der Waals surface area contributed by atoms with E-state index in [1.807, 2.05) is 0 Å². The molecule has 0 unspecified atom stereocenters. The van der Waals surface area contributed by atoms with Crippen LogP contribution in [0.5, 0.6) is 5.75 Å². The summed E-state index contributed by atoms with van der Waals surface area (Å²) in [6.45, 7) is 0. The molecule has 88 valence electrons. The second-order valence-corrected chi connectivity index (χ2v) is 3.87. The van der Waals surface area contributed by atoms with Gasteiger partial charge in [-0.3, -0.25) is 4.79 Å². The van der Waals surface area contributed by atoms with E-state index < -0.39 is 0 Å². The molecule has 2 aromatic carbocycles. The lowest BCUT2D eigenvalue weighted by Gasteiger charge is -2.02. The van der Waals surface area contributed by atoms with E-state index in [2.05, 4.69) is 4.98 Å². The maximum Gasteiger partial charge on any atom is 0.284 e. The van der Waals surface area contributed by atoms with E-state index in [1.165, 1.54) is 6.07 Å². The Bertz CT molecular complexity index is 777. The first-order valence-electron chi connectivity index (χ1n) is 5.43. The van der Waals surface area contributed by atoms with Gasteiger partial charge in [0.2, 0.25) is 5.89 Å². The first-order valence-corrected chi connectivity index (χ1v) is 5.43. The molecule has 4 nitrogen and oxygen atoms in total. The summed E-state index contributed by atoms with van der Waals surface area (Å²) in [6, 6.07) is 13.4. The van der Waals surface area contributed by atoms with Crippen molar-refractivity contribution in [2.24, 2.45) is 0 Å². The highest BCUT2D eigenvalue weighted by Gasteiger charge is 2.08. The number of nitrogens with zero attached hydrogens (tertiary/aromatic N) is 1. The van der Waals surface area contributed by atoms with Gasteiger partial charge in [0, 0.05) is 5.56 Å². The lowest BCUT2D eigenvalue weighted by atomic mass is 10.2. The molecule has 0 amide bonds. The molecule has 0 bridgehead atoms. The smallest absolute Gasteiger partial charge is 0.284 e. The topological polar surface area (TPSA) is 63.3 Å². The molecule has 1 heterocycles. The molecule has 3 rings (SSSR count). The Labute approximate surface area is 102 Å². The van der Waals surface area contributed by atoms with Gasteiger partial charge >= 0.3 is 0 Å². The van der Waals surface area contributed by atoms with Crippen LogP contribution in [-0.2, 0) is 0 Å². The number of phenolic OH excluding ortho intramolecular Hbond substituents is 1. The Hall–Kier alpha value is -2.62. The van der Waals surface area contributed by atoms with Crippen LogP contribution in [0.4, 0.5) is 0 Å². The number of aromatic nitrogens is 1. The molecule has 1 aromatic heterocycles. The number of hydrogen-bond donors (Lipinski definition) is 1. The van der Waals surface area contributed by atoms with Crippen molar-refractivity contribution in [3.63, 3.8) is 0 Å². The molecule has 0 fully saturated rings. The molecule has 0 saturated carbocycles. The number of rotatable bonds is 1. The minimum Gasteiger partial charge on any atom is -0.508 e. The van der Waals surface area contributed by atoms with Crippen LogP contribution in [0.15, 0.2) is 57.7 Å². The van der Waals surface area contributed by atoms with E-state index in [0.29, 0.717) is 16.5 Å². The van der Waals surface area contributed by atoms with E-state index in [0.717, 1.165) is 0 Å². The fourth-order valence-corrected chi connectivity index (χ4v) is 1.77. The summed E-state index contributed by atoms with van der Waals surface area (Å²) in [4.78, 5) is 15.7. The number of phenols is 1. The number of hydrogen-bond acceptors (Lipinski definition) is 4. The molecule has 0 aliphatic rings. The minimum atomic E-state index is -0.338. The van der Waals surface area contributed by atoms with Crippen molar-refractivity contribution in [3.05, 3.63) is 58.9 Å². The summed E-state index contributed by atoms with van der Waals surface area (Å²) >= 11 is 0. The van der Waals surface area contributed by atoms with Gasteiger partial charge in [0.1, 0.15) is 11.3 Å². The number of fused-ring (bicyclic) bond motifs is 1. The largest absolute Gasteiger partial charge is 0.508 e. The fraction of sp³-hybridized carbons (Fsp3) is 0. The van der Waals surface area contributed by atoms with Crippen LogP contribution >= 0.6 is 0 Å². The zero-order chi connectivity index (χ0) is 12.5. The van der Waals surface area contributed by atoms with Crippen LogP contribution in [0, 0.1) is 0 Å². The zero-order valence-electron chi connectivity index (χ0n) is 9.33. The van der Waals surface area contributed by atoms with Crippen LogP contribution in [0.3, 0.4) is 0 Å². The van der Waals surface area contributed by atoms with Crippen LogP contribution in [0.25, 0.3) is 22.4 Å². The predicted octanol–water partition coefficient (Wildman–Crippen LogP) is 2.56. The lowest BCUT2D eigenvalue weighted by molar-refractivity contribution is 0.475. The Morgan fingerprint density at radius 2 is 1.89 bits per heavy atom. The van der Waals surface area contributed by atoms with Gasteiger partial charge in [-0.25, -0.2) is 0 Å². The third kappa shape index (κ3) is 1.73. The summed E-state index contributed by atoms with van der Waals surface area (Å²) in [5.41, 5.74) is 0.712. The van der Waals surface area contributed by atoms with Gasteiger partial charge in [0.15, 0.2) is 0 Å². The highest BCUT2D eigenvalue weighted by atomic mass is 16.3. The molecule has 0 aliphatic heterocycles. The van der Waals surface area contributed by atoms with Crippen LogP contribution in [0.2, 0.25) is 0 Å². The first kappa shape index (κ1) is 10.5. The molecular weight excluding hydrogens is 230 g/mol. The Balaban J connectivity index is 2.28. The van der Waals surface area contributed by atoms with E-state index >= 15 is 0 Å². The summed E-state index contributed by atoms with van der Waals surface area (Å²) in [7, 11) is 0. The van der Waals surface area contributed by atoms with Crippen molar-refractivity contribution in [2.45, 2.75) is 0 Å². The van der Waals surface area contributed by atoms with Gasteiger partial charge in [0.25, 0.3) is 5.56 Å². The Kier molecular flexibility index (Phi) is 2.34. The Morgan fingerprint density at radius 3 is 2.72 bits per heavy atom. The molecule has 18 heavy (non-hydrogen) atoms. The van der Waals surface area contributed by atoms with Gasteiger partial charge in [0.05, 0.1) is 5.39 Å². The summed E-state index contributed by atoms with van der Waals surface area (Å²) in [5, 5.41) is 9.86. The predicted molar refractivity (Wildman–Crippen MR) is 67.4 cm³/mol. The van der Waals surface area contributed by atoms with E-state index in [1.54, 1.807) is 42.5 Å². The van der Waals surface area contributed by atoms with Gasteiger partial charge < -0.3 is 9.52 Å². The van der Waals surface area contributed by atoms with Crippen molar-refractivity contribution in [1.29, 1.82) is 0 Å². The number of para-hydroxylation sites is 1. The molecule has 3 aromatic rings. The molecular formula is C14H9NO3. The van der Waals surface area contributed by atoms with Gasteiger partial charge in [-0.2, -0.15) is 4.98 Å². The third-order valence-corrected chi connectivity index (χ3v) is 2.62. The van der Waals surface area contributed by atoms with Crippen LogP contribution in [-0.4, -0.2) is 10.1 Å². The van der Waals surface area contributed by atoms with Gasteiger partial charge in [-0.15, -0.1) is 0 Å². The standard InChI is InChI=1S/C14H9NO3/c16-10-5-3-4-9(8-10)14-15-13(17)11-6-1-2-7-12(11)18-14/h1-8,16H. The zero-order valence-corrected chi connectivity index (χ0v) is 9.33. The molecule has 0 spiro atoms. The summed E-state index contributed by atoms with van der Waals surface area (Å²) in [5.74, 6) is 0.305. The average Bonchev–Trinajstić information content (AvgIpc) is 2.39. The minimum absolute atomic E-state index is 0.102. The SMILES string of the molecule is O=c1nc(-c2cccc(O)c2)oc2ccccc12. The molecule has 0 saturated heterocycles. The third-order valence-electron chi connectivity index (χ3n) is 2.62. The molecule has 0 aliphatic carbocycles. The number of aromatic hydroxyl groups is 1. The van der Waals surface area contributed by atoms with Crippen molar-refractivity contribution in [1.82, 2.24) is 4.98 Å². The molecule has 1 N–H and O–H groups in total. The summed E-state index contributed by atoms with van der Waals surface area (Å²) in [6.07, 6.45) is 0. The van der Waals surface area contributed by atoms with E-state index in [-0.39, 0.29) is 17.2 Å². The first-order chi connectivity index (χ1) is 8.74. The van der Waals surface area contributed by atoms with Crippen molar-refractivity contribution < 1.29 is 9.52 Å². The van der Waals surface area contributed by atoms with Crippen molar-refractivity contribution in [3.8, 4) is 17.2 Å². The Morgan fingerprint density at radius 1 is 1.06 bits per heavy atom. The molecule has 0 radical (unpaired) electrons. The van der Waals surface area contributed by atoms with E-state index in [4.69, 9.17) is 4.42 Å². The second-order valence-electron chi connectivity index (χ2n) is 3.87. The molecule has 4 heteroatoms. The number of benzene rings is 2. The van der Waals surface area contributed by atoms with Gasteiger partial charge in [-0.05, 0) is 30.3 Å². The monoisotopic (exact) mass is 239 g/mol. The van der Waals surface area contributed by atoms with Gasteiger partial charge in [-0.1, -0.05) is 18.2 Å². The fourth-order valence-electron chi connectivity index (χ4n) is 1.77. The lowest BCUT2D eigenvalue weighted by Crippen LogP contribution is -2.06. The highest BCUT2D eigenvalue weighted by Crippen LogP contribution is 2.22. The van der Waals surface area contributed by atoms with Crippen molar-refractivity contribution in [2.75, 3.05) is 0 Å². The normalized spacial score (nSPS) is 10.7. The van der Waals surface area contributed by atoms with E-state index in [9.17, 15) is 9.90 Å². The quantitative estimate of drug-likeness (QED) is 0.708. The van der Waals surface area contributed by atoms with Crippen LogP contribution in [0.1, 0.15) is 0 Å². The highest BCUT2D eigenvalue weighted by molar-refractivity contribution is 5.76. The maximum atomic E-state index is 11.8.